The smallest absolute Gasteiger partial charge is 0.271 e. The molecule has 1 aliphatic heterocycles. The highest BCUT2D eigenvalue weighted by atomic mass is 16.2. The van der Waals surface area contributed by atoms with Crippen molar-refractivity contribution in [2.24, 2.45) is 0 Å². The summed E-state index contributed by atoms with van der Waals surface area (Å²) in [6.45, 7) is 2.47. The maximum atomic E-state index is 13.1. The normalized spacial score (nSPS) is 17.8. The van der Waals surface area contributed by atoms with Gasteiger partial charge in [-0.25, -0.2) is 0 Å². The molecule has 0 radical (unpaired) electrons. The number of fused-ring (bicyclic) bond motifs is 3. The number of likely N-dealkylation sites (N-methyl/N-ethyl adjacent to an activating group) is 1. The van der Waals surface area contributed by atoms with Crippen LogP contribution in [0.5, 0.6) is 0 Å². The molecule has 2 heterocycles. The molecule has 1 atom stereocenters. The zero-order valence-corrected chi connectivity index (χ0v) is 18.4. The van der Waals surface area contributed by atoms with Crippen molar-refractivity contribution in [3.63, 3.8) is 0 Å². The lowest BCUT2D eigenvalue weighted by Crippen LogP contribution is -2.63. The van der Waals surface area contributed by atoms with E-state index >= 15 is 0 Å². The number of nitrogens with one attached hydrogen (secondary N) is 2. The van der Waals surface area contributed by atoms with E-state index in [4.69, 9.17) is 0 Å². The molecule has 0 unspecified atom stereocenters. The van der Waals surface area contributed by atoms with Crippen molar-refractivity contribution < 1.29 is 14.4 Å². The van der Waals surface area contributed by atoms with Gasteiger partial charge in [-0.3, -0.25) is 14.4 Å². The van der Waals surface area contributed by atoms with E-state index in [0.717, 1.165) is 23.7 Å². The summed E-state index contributed by atoms with van der Waals surface area (Å²) in [6.07, 6.45) is 1.70. The first-order valence-electron chi connectivity index (χ1n) is 10.9. The average Bonchev–Trinajstić information content (AvgIpc) is 3.18. The van der Waals surface area contributed by atoms with Crippen molar-refractivity contribution in [2.75, 3.05) is 20.1 Å². The number of aryl methyl sites for hydroxylation is 1. The predicted octanol–water partition coefficient (Wildman–Crippen LogP) is 2.35. The number of carbonyl (C=O) groups excluding carboxylic acids is 3. The fourth-order valence-corrected chi connectivity index (χ4v) is 4.17. The van der Waals surface area contributed by atoms with Crippen molar-refractivity contribution in [1.29, 1.82) is 0 Å². The van der Waals surface area contributed by atoms with Crippen LogP contribution in [0.15, 0.2) is 60.7 Å². The molecule has 32 heavy (non-hydrogen) atoms. The van der Waals surface area contributed by atoms with Gasteiger partial charge in [0.05, 0.1) is 13.1 Å². The molecule has 0 aliphatic carbocycles. The molecule has 3 amide bonds. The first-order valence-corrected chi connectivity index (χ1v) is 10.9. The summed E-state index contributed by atoms with van der Waals surface area (Å²) in [4.78, 5) is 39.7. The summed E-state index contributed by atoms with van der Waals surface area (Å²) in [5.41, 5.74) is 1.61. The Morgan fingerprint density at radius 2 is 1.75 bits per heavy atom. The van der Waals surface area contributed by atoms with Crippen molar-refractivity contribution in [3.8, 4) is 0 Å². The third-order valence-corrected chi connectivity index (χ3v) is 6.25. The molecule has 0 bridgehead atoms. The lowest BCUT2D eigenvalue weighted by atomic mass is 9.95. The molecule has 7 nitrogen and oxygen atoms in total. The van der Waals surface area contributed by atoms with Gasteiger partial charge >= 0.3 is 0 Å². The number of benzene rings is 2. The van der Waals surface area contributed by atoms with E-state index in [-0.39, 0.29) is 24.3 Å². The molecular weight excluding hydrogens is 404 g/mol. The third-order valence-electron chi connectivity index (χ3n) is 6.25. The number of carbonyl (C=O) groups is 3. The van der Waals surface area contributed by atoms with Gasteiger partial charge in [0.2, 0.25) is 11.8 Å². The van der Waals surface area contributed by atoms with Crippen LogP contribution >= 0.6 is 0 Å². The first kappa shape index (κ1) is 21.6. The van der Waals surface area contributed by atoms with Crippen molar-refractivity contribution in [1.82, 2.24) is 20.1 Å². The van der Waals surface area contributed by atoms with Gasteiger partial charge < -0.3 is 20.1 Å². The summed E-state index contributed by atoms with van der Waals surface area (Å²) < 4.78 is 1.89. The number of para-hydroxylation sites is 1. The SMILES string of the molecule is CN1C(=O)c2cc3ccccc3n2C[C@@]1(C)C(=O)NCC(=O)NCCCc1ccccc1. The maximum Gasteiger partial charge on any atom is 0.271 e. The van der Waals surface area contributed by atoms with Crippen molar-refractivity contribution in [3.05, 3.63) is 71.9 Å². The second kappa shape index (κ2) is 8.86. The minimum Gasteiger partial charge on any atom is -0.355 e. The summed E-state index contributed by atoms with van der Waals surface area (Å²) in [7, 11) is 1.63. The standard InChI is InChI=1S/C25H28N4O3/c1-25(17-29-20-13-7-6-12-19(20)15-21(29)23(31)28(25)2)24(32)27-16-22(30)26-14-8-11-18-9-4-3-5-10-18/h3-7,9-10,12-13,15H,8,11,14,16-17H2,1-2H3,(H,26,30)(H,27,32)/t25-/m0/s1. The van der Waals surface area contributed by atoms with Crippen molar-refractivity contribution >= 4 is 28.6 Å². The van der Waals surface area contributed by atoms with E-state index in [9.17, 15) is 14.4 Å². The van der Waals surface area contributed by atoms with Gasteiger partial charge in [-0.2, -0.15) is 0 Å². The number of hydrogen-bond acceptors (Lipinski definition) is 3. The van der Waals surface area contributed by atoms with Crippen LogP contribution in [0, 0.1) is 0 Å². The quantitative estimate of drug-likeness (QED) is 0.562. The molecule has 7 heteroatoms. The molecule has 4 rings (SSSR count). The zero-order chi connectivity index (χ0) is 22.7. The number of rotatable bonds is 7. The van der Waals surface area contributed by atoms with Crippen LogP contribution in [-0.2, 0) is 22.6 Å². The molecule has 0 saturated heterocycles. The van der Waals surface area contributed by atoms with E-state index < -0.39 is 5.54 Å². The van der Waals surface area contributed by atoms with Gasteiger partial charge in [0.1, 0.15) is 11.2 Å². The van der Waals surface area contributed by atoms with Gasteiger partial charge in [0.15, 0.2) is 0 Å². The fraction of sp³-hybridized carbons (Fsp3) is 0.320. The zero-order valence-electron chi connectivity index (χ0n) is 18.4. The van der Waals surface area contributed by atoms with Crippen LogP contribution in [0.3, 0.4) is 0 Å². The highest BCUT2D eigenvalue weighted by Gasteiger charge is 2.45. The van der Waals surface area contributed by atoms with Crippen LogP contribution in [0.2, 0.25) is 0 Å². The highest BCUT2D eigenvalue weighted by molar-refractivity contribution is 6.03. The average molecular weight is 433 g/mol. The summed E-state index contributed by atoms with van der Waals surface area (Å²) in [6, 6.07) is 19.7. The van der Waals surface area contributed by atoms with E-state index in [0.29, 0.717) is 18.8 Å². The second-order valence-corrected chi connectivity index (χ2v) is 8.43. The third kappa shape index (κ3) is 4.10. The fourth-order valence-electron chi connectivity index (χ4n) is 4.17. The molecule has 1 aromatic heterocycles. The predicted molar refractivity (Wildman–Crippen MR) is 123 cm³/mol. The van der Waals surface area contributed by atoms with Crippen LogP contribution in [-0.4, -0.2) is 52.9 Å². The van der Waals surface area contributed by atoms with E-state index in [1.807, 2.05) is 53.1 Å². The van der Waals surface area contributed by atoms with Crippen LogP contribution in [0.1, 0.15) is 29.4 Å². The molecule has 1 aliphatic rings. The first-order chi connectivity index (χ1) is 15.4. The molecular formula is C25H28N4O3. The van der Waals surface area contributed by atoms with Gasteiger partial charge in [0.25, 0.3) is 5.91 Å². The lowest BCUT2D eigenvalue weighted by molar-refractivity contribution is -0.134. The summed E-state index contributed by atoms with van der Waals surface area (Å²) >= 11 is 0. The minimum atomic E-state index is -1.10. The summed E-state index contributed by atoms with van der Waals surface area (Å²) in [5.74, 6) is -0.807. The van der Waals surface area contributed by atoms with Crippen LogP contribution in [0.4, 0.5) is 0 Å². The van der Waals surface area contributed by atoms with E-state index in [1.54, 1.807) is 14.0 Å². The second-order valence-electron chi connectivity index (χ2n) is 8.43. The molecule has 166 valence electrons. The monoisotopic (exact) mass is 432 g/mol. The molecule has 0 fully saturated rings. The lowest BCUT2D eigenvalue weighted by Gasteiger charge is -2.41. The highest BCUT2D eigenvalue weighted by Crippen LogP contribution is 2.31. The minimum absolute atomic E-state index is 0.124. The number of hydrogen-bond donors (Lipinski definition) is 2. The largest absolute Gasteiger partial charge is 0.355 e. The van der Waals surface area contributed by atoms with E-state index in [2.05, 4.69) is 22.8 Å². The van der Waals surface area contributed by atoms with Gasteiger partial charge in [0, 0.05) is 24.5 Å². The number of amides is 3. The molecule has 0 spiro atoms. The van der Waals surface area contributed by atoms with Gasteiger partial charge in [-0.15, -0.1) is 0 Å². The Bertz CT molecular complexity index is 1150. The number of nitrogens with zero attached hydrogens (tertiary/aromatic N) is 2. The Balaban J connectivity index is 1.34. The maximum absolute atomic E-state index is 13.1. The Labute approximate surface area is 187 Å². The van der Waals surface area contributed by atoms with Gasteiger partial charge in [-0.1, -0.05) is 48.5 Å². The van der Waals surface area contributed by atoms with Crippen molar-refractivity contribution in [2.45, 2.75) is 31.8 Å². The van der Waals surface area contributed by atoms with Gasteiger partial charge in [-0.05, 0) is 37.5 Å². The Kier molecular flexibility index (Phi) is 5.99. The molecule has 0 saturated carbocycles. The van der Waals surface area contributed by atoms with Crippen LogP contribution in [0.25, 0.3) is 10.9 Å². The van der Waals surface area contributed by atoms with E-state index in [1.165, 1.54) is 10.5 Å². The molecule has 2 aromatic carbocycles. The summed E-state index contributed by atoms with van der Waals surface area (Å²) in [5, 5.41) is 6.52. The Morgan fingerprint density at radius 3 is 2.53 bits per heavy atom. The molecule has 3 aromatic rings. The van der Waals surface area contributed by atoms with Crippen LogP contribution < -0.4 is 10.6 Å². The topological polar surface area (TPSA) is 83.4 Å². The Morgan fingerprint density at radius 1 is 1.03 bits per heavy atom. The number of aromatic nitrogens is 1. The molecule has 2 N–H and O–H groups in total. The Hall–Kier alpha value is -3.61.